The Morgan fingerprint density at radius 3 is 1.97 bits per heavy atom. The van der Waals surface area contributed by atoms with Crippen LogP contribution in [0.2, 0.25) is 0 Å². The molecular weight excluding hydrogens is 767 g/mol. The minimum absolute atomic E-state index is 0.0729. The van der Waals surface area contributed by atoms with Crippen LogP contribution in [0.25, 0.3) is 82.5 Å². The molecule has 0 saturated heterocycles. The molecule has 3 heterocycles. The zero-order chi connectivity index (χ0) is 41.6. The fraction of sp³-hybridized carbons (Fsp3) is 0.0847. The van der Waals surface area contributed by atoms with Crippen LogP contribution < -0.4 is 4.90 Å². The Morgan fingerprint density at radius 2 is 1.17 bits per heavy atom. The van der Waals surface area contributed by atoms with Gasteiger partial charge >= 0.3 is 0 Å². The highest BCUT2D eigenvalue weighted by molar-refractivity contribution is 6.25. The first-order chi connectivity index (χ1) is 31.2. The largest absolute Gasteiger partial charge is 0.452 e. The highest BCUT2D eigenvalue weighted by Gasteiger charge is 2.41. The predicted octanol–water partition coefficient (Wildman–Crippen LogP) is 15.3. The summed E-state index contributed by atoms with van der Waals surface area (Å²) in [7, 11) is 0. The molecule has 0 fully saturated rings. The second-order valence-electron chi connectivity index (χ2n) is 17.2. The van der Waals surface area contributed by atoms with Crippen LogP contribution in [0.5, 0.6) is 0 Å². The number of anilines is 2. The smallest absolute Gasteiger partial charge is 0.176 e. The molecule has 4 atom stereocenters. The maximum absolute atomic E-state index is 6.52. The Hall–Kier alpha value is -7.82. The number of benzene rings is 8. The molecule has 1 aliphatic heterocycles. The van der Waals surface area contributed by atoms with E-state index >= 15 is 0 Å². The summed E-state index contributed by atoms with van der Waals surface area (Å²) in [5.41, 5.74) is 13.0. The Bertz CT molecular complexity index is 3590. The number of furan rings is 1. The third-order valence-electron chi connectivity index (χ3n) is 13.7. The van der Waals surface area contributed by atoms with Gasteiger partial charge in [-0.15, -0.1) is 0 Å². The molecule has 298 valence electrons. The van der Waals surface area contributed by atoms with E-state index in [4.69, 9.17) is 14.4 Å². The summed E-state index contributed by atoms with van der Waals surface area (Å²) in [6.07, 6.45) is 15.7. The van der Waals surface area contributed by atoms with Crippen molar-refractivity contribution in [2.45, 2.75) is 24.8 Å². The third kappa shape index (κ3) is 5.61. The summed E-state index contributed by atoms with van der Waals surface area (Å²) in [4.78, 5) is 13.1. The summed E-state index contributed by atoms with van der Waals surface area (Å²) in [5.74, 6) is 1.14. The van der Waals surface area contributed by atoms with Crippen LogP contribution in [-0.2, 0) is 0 Å². The van der Waals surface area contributed by atoms with Crippen molar-refractivity contribution in [2.75, 3.05) is 4.90 Å². The van der Waals surface area contributed by atoms with Gasteiger partial charge in [0.2, 0.25) is 0 Å². The van der Waals surface area contributed by atoms with Gasteiger partial charge in [-0.05, 0) is 115 Å². The van der Waals surface area contributed by atoms with Crippen molar-refractivity contribution in [1.29, 1.82) is 0 Å². The van der Waals surface area contributed by atoms with Gasteiger partial charge in [0.25, 0.3) is 0 Å². The van der Waals surface area contributed by atoms with Gasteiger partial charge in [0, 0.05) is 34.2 Å². The zero-order valence-electron chi connectivity index (χ0n) is 34.7. The first kappa shape index (κ1) is 35.9. The first-order valence-corrected chi connectivity index (χ1v) is 22.0. The van der Waals surface area contributed by atoms with Crippen LogP contribution in [-0.4, -0.2) is 16.0 Å². The number of hydrogen-bond donors (Lipinski definition) is 0. The van der Waals surface area contributed by atoms with E-state index < -0.39 is 0 Å². The summed E-state index contributed by atoms with van der Waals surface area (Å²) in [5, 5.41) is 8.72. The predicted molar refractivity (Wildman–Crippen MR) is 262 cm³/mol. The van der Waals surface area contributed by atoms with Crippen molar-refractivity contribution < 1.29 is 4.42 Å². The van der Waals surface area contributed by atoms with E-state index in [2.05, 4.69) is 206 Å². The van der Waals surface area contributed by atoms with Gasteiger partial charge in [0.15, 0.2) is 11.4 Å². The Kier molecular flexibility index (Phi) is 8.04. The Labute approximate surface area is 365 Å². The minimum Gasteiger partial charge on any atom is -0.452 e. The summed E-state index contributed by atoms with van der Waals surface area (Å²) in [6, 6.07) is 59.8. The zero-order valence-corrected chi connectivity index (χ0v) is 34.7. The molecule has 4 nitrogen and oxygen atoms in total. The van der Waals surface area contributed by atoms with Gasteiger partial charge in [-0.2, -0.15) is 0 Å². The maximum atomic E-state index is 6.52. The highest BCUT2D eigenvalue weighted by Crippen LogP contribution is 2.54. The normalized spacial score (nSPS) is 19.1. The molecule has 8 aromatic carbocycles. The number of nitrogens with zero attached hydrogens (tertiary/aromatic N) is 3. The molecular formula is C59H41N3O. The number of rotatable bonds is 5. The molecule has 0 bridgehead atoms. The standard InChI is InChI=1S/C59H41N3O/c1-36-15-5-6-20-42(36)56-58-57(49-25-11-12-28-54(49)63-58)61-59(60-56)40-17-13-16-39(33-40)43-26-14-27-53-55(43)51-35-38(30-32-52(51)62(53)41-18-3-2-4-19-41)37-29-31-48-46-23-8-7-21-44(46)45-22-9-10-24-47(45)50(48)34-37/h2-36,42,53,55H,1H3. The molecule has 0 spiro atoms. The molecule has 0 amide bonds. The Balaban J connectivity index is 0.955. The molecule has 63 heavy (non-hydrogen) atoms. The van der Waals surface area contributed by atoms with Gasteiger partial charge in [0.1, 0.15) is 11.1 Å². The van der Waals surface area contributed by atoms with Crippen LogP contribution in [0.15, 0.2) is 211 Å². The van der Waals surface area contributed by atoms with Crippen molar-refractivity contribution >= 4 is 71.3 Å². The highest BCUT2D eigenvalue weighted by atomic mass is 16.3. The van der Waals surface area contributed by atoms with Gasteiger partial charge in [0.05, 0.1) is 11.7 Å². The van der Waals surface area contributed by atoms with E-state index in [0.717, 1.165) is 33.3 Å². The second kappa shape index (κ2) is 14.1. The number of fused-ring (bicyclic) bond motifs is 12. The van der Waals surface area contributed by atoms with Gasteiger partial charge in [-0.1, -0.05) is 165 Å². The van der Waals surface area contributed by atoms with E-state index in [1.807, 2.05) is 12.1 Å². The second-order valence-corrected chi connectivity index (χ2v) is 17.2. The molecule has 2 aliphatic carbocycles. The topological polar surface area (TPSA) is 42.2 Å². The SMILES string of the molecule is CC1C=CC=CC1c1nc(-c2cccc(C3=CC=CC4C3c3cc(-c5ccc6c7ccccc7c7ccccc7c6c5)ccc3N4c3ccccc3)c2)nc2c1oc1ccccc12. The Morgan fingerprint density at radius 1 is 0.508 bits per heavy atom. The quantitative estimate of drug-likeness (QED) is 0.162. The van der Waals surface area contributed by atoms with E-state index in [-0.39, 0.29) is 23.8 Å². The molecule has 0 radical (unpaired) electrons. The molecule has 2 aromatic heterocycles. The molecule has 4 heteroatoms. The lowest BCUT2D eigenvalue weighted by atomic mass is 9.80. The fourth-order valence-electron chi connectivity index (χ4n) is 10.7. The van der Waals surface area contributed by atoms with E-state index in [1.54, 1.807) is 0 Å². The summed E-state index contributed by atoms with van der Waals surface area (Å²) >= 11 is 0. The van der Waals surface area contributed by atoms with Crippen molar-refractivity contribution in [3.8, 4) is 22.5 Å². The van der Waals surface area contributed by atoms with Gasteiger partial charge < -0.3 is 9.32 Å². The van der Waals surface area contributed by atoms with Gasteiger partial charge in [-0.3, -0.25) is 0 Å². The molecule has 0 saturated carbocycles. The average molecular weight is 808 g/mol. The number of aromatic nitrogens is 2. The van der Waals surface area contributed by atoms with Crippen molar-refractivity contribution in [3.05, 3.63) is 223 Å². The van der Waals surface area contributed by atoms with Crippen LogP contribution in [0.1, 0.15) is 35.6 Å². The lowest BCUT2D eigenvalue weighted by Gasteiger charge is -2.31. The molecule has 0 N–H and O–H groups in total. The van der Waals surface area contributed by atoms with Crippen molar-refractivity contribution in [1.82, 2.24) is 9.97 Å². The van der Waals surface area contributed by atoms with E-state index in [1.165, 1.54) is 71.5 Å². The van der Waals surface area contributed by atoms with Gasteiger partial charge in [-0.25, -0.2) is 9.97 Å². The van der Waals surface area contributed by atoms with Crippen LogP contribution in [0.3, 0.4) is 0 Å². The summed E-state index contributed by atoms with van der Waals surface area (Å²) in [6.45, 7) is 2.24. The fourth-order valence-corrected chi connectivity index (χ4v) is 10.7. The van der Waals surface area contributed by atoms with Crippen molar-refractivity contribution in [2.24, 2.45) is 5.92 Å². The molecule has 10 aromatic rings. The maximum Gasteiger partial charge on any atom is 0.176 e. The third-order valence-corrected chi connectivity index (χ3v) is 13.7. The van der Waals surface area contributed by atoms with Crippen LogP contribution >= 0.6 is 0 Å². The first-order valence-electron chi connectivity index (χ1n) is 22.0. The number of para-hydroxylation sites is 2. The average Bonchev–Trinajstić information content (AvgIpc) is 3.90. The number of allylic oxidation sites excluding steroid dienone is 6. The molecule has 4 unspecified atom stereocenters. The summed E-state index contributed by atoms with van der Waals surface area (Å²) < 4.78 is 6.52. The molecule has 3 aliphatic rings. The van der Waals surface area contributed by atoms with Crippen molar-refractivity contribution in [3.63, 3.8) is 0 Å². The molecule has 13 rings (SSSR count). The lowest BCUT2D eigenvalue weighted by molar-refractivity contribution is 0.597. The lowest BCUT2D eigenvalue weighted by Crippen LogP contribution is -2.29. The van der Waals surface area contributed by atoms with E-state index in [0.29, 0.717) is 5.82 Å². The van der Waals surface area contributed by atoms with E-state index in [9.17, 15) is 0 Å². The van der Waals surface area contributed by atoms with Crippen LogP contribution in [0, 0.1) is 5.92 Å². The minimum atomic E-state index is 0.0729. The van der Waals surface area contributed by atoms with Crippen LogP contribution in [0.4, 0.5) is 11.4 Å². The number of hydrogen-bond acceptors (Lipinski definition) is 4. The monoisotopic (exact) mass is 807 g/mol.